The van der Waals surface area contributed by atoms with Crippen LogP contribution < -0.4 is 5.00 Å². The summed E-state index contributed by atoms with van der Waals surface area (Å²) >= 11 is 5.01. The molecule has 0 fully saturated rings. The number of rotatable bonds is 5. The summed E-state index contributed by atoms with van der Waals surface area (Å²) < 4.78 is 0. The summed E-state index contributed by atoms with van der Waals surface area (Å²) in [7, 11) is 0. The Labute approximate surface area is 55.2 Å². The highest BCUT2D eigenvalue weighted by Gasteiger charge is 1.83. The summed E-state index contributed by atoms with van der Waals surface area (Å²) in [4.78, 5) is 6.75. The maximum Gasteiger partial charge on any atom is 0.0697 e. The second-order valence-electron chi connectivity index (χ2n) is 1.63. The molecule has 0 saturated carbocycles. The molecule has 50 valence electrons. The zero-order valence-electron chi connectivity index (χ0n) is 5.11. The van der Waals surface area contributed by atoms with Crippen molar-refractivity contribution in [2.45, 2.75) is 26.2 Å². The summed E-state index contributed by atoms with van der Waals surface area (Å²) in [6, 6.07) is 0. The van der Waals surface area contributed by atoms with Crippen LogP contribution in [-0.2, 0) is 4.84 Å². The molecular formula is C5H12ClNO. The highest BCUT2D eigenvalue weighted by Crippen LogP contribution is 1.92. The molecule has 0 aliphatic rings. The molecule has 0 aromatic carbocycles. The number of hydrogen-bond acceptors (Lipinski definition) is 2. The van der Waals surface area contributed by atoms with Crippen LogP contribution in [0.5, 0.6) is 0 Å². The molecule has 0 aliphatic heterocycles. The van der Waals surface area contributed by atoms with E-state index in [1.807, 2.05) is 0 Å². The standard InChI is InChI=1S/C5H12ClNO/c1-2-3-4-5-8-7-6/h7H,2-5H2,1H3. The fraction of sp³-hybridized carbons (Fsp3) is 1.00. The van der Waals surface area contributed by atoms with Crippen LogP contribution in [-0.4, -0.2) is 6.61 Å². The maximum atomic E-state index is 5.01. The van der Waals surface area contributed by atoms with E-state index in [0.29, 0.717) is 6.61 Å². The average Bonchev–Trinajstić information content (AvgIpc) is 1.81. The number of halogens is 1. The Bertz CT molecular complexity index is 37.4. The Hall–Kier alpha value is 0.210. The van der Waals surface area contributed by atoms with Crippen molar-refractivity contribution in [3.63, 3.8) is 0 Å². The Morgan fingerprint density at radius 2 is 2.25 bits per heavy atom. The lowest BCUT2D eigenvalue weighted by atomic mass is 10.3. The lowest BCUT2D eigenvalue weighted by Gasteiger charge is -1.95. The van der Waals surface area contributed by atoms with Crippen LogP contribution in [0.1, 0.15) is 26.2 Å². The summed E-state index contributed by atoms with van der Waals surface area (Å²) in [5, 5.41) is 0. The Morgan fingerprint density at radius 1 is 1.50 bits per heavy atom. The minimum absolute atomic E-state index is 0.706. The molecule has 0 saturated heterocycles. The lowest BCUT2D eigenvalue weighted by Crippen LogP contribution is -2.01. The fourth-order valence-electron chi connectivity index (χ4n) is 0.463. The van der Waals surface area contributed by atoms with Crippen molar-refractivity contribution in [2.75, 3.05) is 6.61 Å². The topological polar surface area (TPSA) is 21.3 Å². The van der Waals surface area contributed by atoms with Gasteiger partial charge in [-0.25, -0.2) is 0 Å². The van der Waals surface area contributed by atoms with Crippen LogP contribution >= 0.6 is 11.8 Å². The first-order chi connectivity index (χ1) is 3.91. The van der Waals surface area contributed by atoms with Gasteiger partial charge < -0.3 is 0 Å². The molecule has 0 aromatic rings. The van der Waals surface area contributed by atoms with Crippen molar-refractivity contribution < 1.29 is 4.84 Å². The quantitative estimate of drug-likeness (QED) is 0.355. The van der Waals surface area contributed by atoms with Gasteiger partial charge in [-0.2, -0.15) is 0 Å². The Balaban J connectivity index is 2.53. The molecule has 2 nitrogen and oxygen atoms in total. The molecule has 1 N–H and O–H groups in total. The molecule has 0 rings (SSSR count). The molecular weight excluding hydrogens is 126 g/mol. The first kappa shape index (κ1) is 8.21. The van der Waals surface area contributed by atoms with Crippen molar-refractivity contribution >= 4 is 11.8 Å². The molecule has 0 amide bonds. The van der Waals surface area contributed by atoms with Crippen LogP contribution in [0.15, 0.2) is 0 Å². The maximum absolute atomic E-state index is 5.01. The highest BCUT2D eigenvalue weighted by atomic mass is 35.5. The molecule has 0 aliphatic carbocycles. The minimum atomic E-state index is 0.706. The largest absolute Gasteiger partial charge is 0.286 e. The van der Waals surface area contributed by atoms with Gasteiger partial charge in [-0.3, -0.25) is 4.84 Å². The predicted molar refractivity (Wildman–Crippen MR) is 34.5 cm³/mol. The number of hydrogen-bond donors (Lipinski definition) is 1. The number of unbranched alkanes of at least 4 members (excludes halogenated alkanes) is 2. The van der Waals surface area contributed by atoms with Gasteiger partial charge in [-0.1, -0.05) is 19.8 Å². The van der Waals surface area contributed by atoms with Crippen LogP contribution in [0.3, 0.4) is 0 Å². The van der Waals surface area contributed by atoms with Gasteiger partial charge in [0.05, 0.1) is 6.61 Å². The van der Waals surface area contributed by atoms with E-state index in [-0.39, 0.29) is 0 Å². The predicted octanol–water partition coefficient (Wildman–Crippen LogP) is 1.85. The van der Waals surface area contributed by atoms with E-state index in [1.165, 1.54) is 12.8 Å². The van der Waals surface area contributed by atoms with Gasteiger partial charge in [0.25, 0.3) is 0 Å². The molecule has 3 heteroatoms. The SMILES string of the molecule is CCCCCONCl. The van der Waals surface area contributed by atoms with Crippen molar-refractivity contribution in [2.24, 2.45) is 0 Å². The first-order valence-electron chi connectivity index (χ1n) is 2.89. The minimum Gasteiger partial charge on any atom is -0.286 e. The molecule has 0 heterocycles. The molecule has 0 spiro atoms. The van der Waals surface area contributed by atoms with Gasteiger partial charge in [0.15, 0.2) is 0 Å². The molecule has 0 unspecified atom stereocenters. The van der Waals surface area contributed by atoms with E-state index in [0.717, 1.165) is 6.42 Å². The van der Waals surface area contributed by atoms with Crippen molar-refractivity contribution in [3.05, 3.63) is 0 Å². The third-order valence-corrected chi connectivity index (χ3v) is 1.01. The van der Waals surface area contributed by atoms with Crippen LogP contribution in [0.2, 0.25) is 0 Å². The van der Waals surface area contributed by atoms with Crippen LogP contribution in [0.4, 0.5) is 0 Å². The van der Waals surface area contributed by atoms with Gasteiger partial charge in [-0.15, -0.1) is 5.00 Å². The summed E-state index contributed by atoms with van der Waals surface area (Å²) in [5.74, 6) is 0. The molecule has 0 aromatic heterocycles. The van der Waals surface area contributed by atoms with Crippen LogP contribution in [0, 0.1) is 0 Å². The van der Waals surface area contributed by atoms with Crippen molar-refractivity contribution in [3.8, 4) is 0 Å². The molecule has 0 atom stereocenters. The van der Waals surface area contributed by atoms with E-state index < -0.39 is 0 Å². The summed E-state index contributed by atoms with van der Waals surface area (Å²) in [5.41, 5.74) is 0. The van der Waals surface area contributed by atoms with E-state index >= 15 is 0 Å². The van der Waals surface area contributed by atoms with Gasteiger partial charge in [0.2, 0.25) is 0 Å². The monoisotopic (exact) mass is 137 g/mol. The second-order valence-corrected chi connectivity index (χ2v) is 1.79. The third-order valence-electron chi connectivity index (χ3n) is 0.905. The zero-order valence-corrected chi connectivity index (χ0v) is 5.87. The summed E-state index contributed by atoms with van der Waals surface area (Å²) in [6.45, 7) is 2.85. The Morgan fingerprint density at radius 3 is 2.75 bits per heavy atom. The normalized spacial score (nSPS) is 9.75. The molecule has 8 heavy (non-hydrogen) atoms. The van der Waals surface area contributed by atoms with Gasteiger partial charge in [-0.05, 0) is 6.42 Å². The van der Waals surface area contributed by atoms with E-state index in [9.17, 15) is 0 Å². The average molecular weight is 138 g/mol. The summed E-state index contributed by atoms with van der Waals surface area (Å²) in [6.07, 6.45) is 3.50. The zero-order chi connectivity index (χ0) is 6.24. The van der Waals surface area contributed by atoms with Crippen LogP contribution in [0.25, 0.3) is 0 Å². The Kier molecular flexibility index (Phi) is 7.40. The first-order valence-corrected chi connectivity index (χ1v) is 3.27. The van der Waals surface area contributed by atoms with E-state index in [4.69, 9.17) is 11.8 Å². The third kappa shape index (κ3) is 6.21. The van der Waals surface area contributed by atoms with Gasteiger partial charge in [0.1, 0.15) is 0 Å². The number of nitrogens with one attached hydrogen (secondary N) is 1. The van der Waals surface area contributed by atoms with Crippen molar-refractivity contribution in [1.82, 2.24) is 5.00 Å². The second kappa shape index (κ2) is 7.21. The van der Waals surface area contributed by atoms with Crippen molar-refractivity contribution in [1.29, 1.82) is 0 Å². The fourth-order valence-corrected chi connectivity index (χ4v) is 0.540. The van der Waals surface area contributed by atoms with E-state index in [1.54, 1.807) is 0 Å². The molecule has 0 bridgehead atoms. The smallest absolute Gasteiger partial charge is 0.0697 e. The van der Waals surface area contributed by atoms with Gasteiger partial charge >= 0.3 is 0 Å². The molecule has 0 radical (unpaired) electrons. The van der Waals surface area contributed by atoms with Gasteiger partial charge in [0, 0.05) is 11.8 Å². The van der Waals surface area contributed by atoms with E-state index in [2.05, 4.69) is 16.8 Å². The lowest BCUT2D eigenvalue weighted by molar-refractivity contribution is 0.0922. The highest BCUT2D eigenvalue weighted by molar-refractivity contribution is 6.12.